The van der Waals surface area contributed by atoms with E-state index in [2.05, 4.69) is 23.5 Å². The third kappa shape index (κ3) is 2.21. The highest BCUT2D eigenvalue weighted by Crippen LogP contribution is 2.57. The predicted molar refractivity (Wildman–Crippen MR) is 76.5 cm³/mol. The van der Waals surface area contributed by atoms with Crippen LogP contribution in [0.5, 0.6) is 0 Å². The Hall–Kier alpha value is 0.110. The first-order valence-corrected chi connectivity index (χ1v) is 8.88. The van der Waals surface area contributed by atoms with Crippen LogP contribution in [-0.4, -0.2) is 21.9 Å². The van der Waals surface area contributed by atoms with Gasteiger partial charge in [-0.05, 0) is 49.7 Å². The van der Waals surface area contributed by atoms with Crippen molar-refractivity contribution in [3.05, 3.63) is 11.6 Å². The molecule has 0 amide bonds. The fourth-order valence-electron chi connectivity index (χ4n) is 3.47. The Balaban J connectivity index is 1.90. The van der Waals surface area contributed by atoms with E-state index in [1.54, 1.807) is 0 Å². The lowest BCUT2D eigenvalue weighted by atomic mass is 9.65. The van der Waals surface area contributed by atoms with Crippen molar-refractivity contribution >= 4 is 29.3 Å². The van der Waals surface area contributed by atoms with Crippen LogP contribution in [-0.2, 0) is 4.79 Å². The normalized spacial score (nSPS) is 35.3. The maximum Gasteiger partial charge on any atom is 0.155 e. The molecule has 0 unspecified atom stereocenters. The van der Waals surface area contributed by atoms with Crippen molar-refractivity contribution < 1.29 is 4.79 Å². The molecule has 0 aromatic carbocycles. The average Bonchev–Trinajstić information content (AvgIpc) is 2.40. The summed E-state index contributed by atoms with van der Waals surface area (Å²) in [4.78, 5) is 11.7. The third-order valence-electron chi connectivity index (χ3n) is 4.39. The van der Waals surface area contributed by atoms with Crippen LogP contribution in [0.15, 0.2) is 11.6 Å². The molecule has 17 heavy (non-hydrogen) atoms. The summed E-state index contributed by atoms with van der Waals surface area (Å²) in [5.41, 5.74) is 1.90. The molecule has 0 radical (unpaired) electrons. The molecule has 1 aliphatic heterocycles. The molecule has 3 aliphatic rings. The molecule has 94 valence electrons. The molecule has 1 heterocycles. The van der Waals surface area contributed by atoms with Crippen LogP contribution in [0.2, 0.25) is 0 Å². The van der Waals surface area contributed by atoms with E-state index in [9.17, 15) is 4.79 Å². The van der Waals surface area contributed by atoms with Crippen molar-refractivity contribution in [1.82, 2.24) is 0 Å². The molecule has 1 saturated heterocycles. The maximum absolute atomic E-state index is 11.7. The van der Waals surface area contributed by atoms with Gasteiger partial charge in [0.25, 0.3) is 0 Å². The van der Waals surface area contributed by atoms with Gasteiger partial charge in [0.15, 0.2) is 5.78 Å². The van der Waals surface area contributed by atoms with E-state index in [4.69, 9.17) is 0 Å². The minimum Gasteiger partial charge on any atom is -0.295 e. The van der Waals surface area contributed by atoms with Crippen LogP contribution in [0.3, 0.4) is 0 Å². The quantitative estimate of drug-likeness (QED) is 0.714. The van der Waals surface area contributed by atoms with Gasteiger partial charge in [0, 0.05) is 11.8 Å². The third-order valence-corrected chi connectivity index (χ3v) is 7.76. The Bertz CT molecular complexity index is 344. The van der Waals surface area contributed by atoms with Crippen LogP contribution in [0, 0.1) is 5.41 Å². The zero-order valence-electron chi connectivity index (χ0n) is 10.2. The van der Waals surface area contributed by atoms with Crippen LogP contribution in [0.1, 0.15) is 44.9 Å². The highest BCUT2D eigenvalue weighted by atomic mass is 32.2. The first-order valence-electron chi connectivity index (χ1n) is 6.78. The number of allylic oxidation sites excluding steroid dienone is 2. The van der Waals surface area contributed by atoms with E-state index in [0.29, 0.717) is 11.2 Å². The van der Waals surface area contributed by atoms with Gasteiger partial charge in [-0.15, -0.1) is 23.5 Å². The van der Waals surface area contributed by atoms with Crippen molar-refractivity contribution in [3.63, 3.8) is 0 Å². The maximum atomic E-state index is 11.7. The Labute approximate surface area is 112 Å². The lowest BCUT2D eigenvalue weighted by Gasteiger charge is -2.48. The lowest BCUT2D eigenvalue weighted by molar-refractivity contribution is -0.115. The highest BCUT2D eigenvalue weighted by molar-refractivity contribution is 8.17. The molecule has 1 saturated carbocycles. The smallest absolute Gasteiger partial charge is 0.155 e. The summed E-state index contributed by atoms with van der Waals surface area (Å²) in [6.45, 7) is 0. The monoisotopic (exact) mass is 268 g/mol. The molecular formula is C14H20OS2. The lowest BCUT2D eigenvalue weighted by Crippen LogP contribution is -2.40. The van der Waals surface area contributed by atoms with E-state index in [1.807, 2.05) is 6.08 Å². The Kier molecular flexibility index (Phi) is 3.58. The molecular weight excluding hydrogens is 248 g/mol. The molecule has 3 heteroatoms. The number of carbonyl (C=O) groups excluding carboxylic acids is 1. The van der Waals surface area contributed by atoms with Crippen LogP contribution >= 0.6 is 23.5 Å². The van der Waals surface area contributed by atoms with Crippen LogP contribution in [0.4, 0.5) is 0 Å². The number of rotatable bonds is 1. The second-order valence-corrected chi connectivity index (χ2v) is 8.15. The van der Waals surface area contributed by atoms with Crippen molar-refractivity contribution in [2.24, 2.45) is 5.41 Å². The number of ketones is 1. The number of hydrogen-bond acceptors (Lipinski definition) is 3. The number of carbonyl (C=O) groups is 1. The SMILES string of the molecule is O=C1C=C2CCCC[C@@]2(C2SCCCS2)CC1. The Morgan fingerprint density at radius 2 is 1.88 bits per heavy atom. The summed E-state index contributed by atoms with van der Waals surface area (Å²) < 4.78 is 0.732. The van der Waals surface area contributed by atoms with Gasteiger partial charge in [0.1, 0.15) is 0 Å². The molecule has 1 atom stereocenters. The van der Waals surface area contributed by atoms with Crippen LogP contribution < -0.4 is 0 Å². The van der Waals surface area contributed by atoms with E-state index < -0.39 is 0 Å². The van der Waals surface area contributed by atoms with Gasteiger partial charge < -0.3 is 0 Å². The van der Waals surface area contributed by atoms with Gasteiger partial charge >= 0.3 is 0 Å². The van der Waals surface area contributed by atoms with Crippen molar-refractivity contribution in [3.8, 4) is 0 Å². The fourth-order valence-corrected chi connectivity index (χ4v) is 7.08. The standard InChI is InChI=1S/C14H20OS2/c15-12-5-7-14(13-16-8-3-9-17-13)6-2-1-4-11(14)10-12/h10,13H,1-9H2/t14-/m1/s1. The Morgan fingerprint density at radius 3 is 2.71 bits per heavy atom. The van der Waals surface area contributed by atoms with Gasteiger partial charge in [-0.3, -0.25) is 4.79 Å². The Morgan fingerprint density at radius 1 is 1.06 bits per heavy atom. The average molecular weight is 268 g/mol. The zero-order valence-corrected chi connectivity index (χ0v) is 11.9. The van der Waals surface area contributed by atoms with Crippen molar-refractivity contribution in [2.45, 2.75) is 49.5 Å². The van der Waals surface area contributed by atoms with Crippen LogP contribution in [0.25, 0.3) is 0 Å². The highest BCUT2D eigenvalue weighted by Gasteiger charge is 2.46. The topological polar surface area (TPSA) is 17.1 Å². The minimum absolute atomic E-state index is 0.378. The van der Waals surface area contributed by atoms with Gasteiger partial charge in [-0.25, -0.2) is 0 Å². The molecule has 3 rings (SSSR count). The molecule has 0 spiro atoms. The summed E-state index contributed by atoms with van der Waals surface area (Å²) in [7, 11) is 0. The molecule has 0 aromatic rings. The van der Waals surface area contributed by atoms with Gasteiger partial charge in [-0.1, -0.05) is 12.0 Å². The first-order chi connectivity index (χ1) is 8.31. The molecule has 0 aromatic heterocycles. The summed E-state index contributed by atoms with van der Waals surface area (Å²) in [5.74, 6) is 3.02. The fraction of sp³-hybridized carbons (Fsp3) is 0.786. The second-order valence-electron chi connectivity index (χ2n) is 5.43. The van der Waals surface area contributed by atoms with E-state index in [-0.39, 0.29) is 0 Å². The molecule has 0 bridgehead atoms. The summed E-state index contributed by atoms with van der Waals surface area (Å²) >= 11 is 4.32. The number of thioether (sulfide) groups is 2. The molecule has 2 aliphatic carbocycles. The molecule has 2 fully saturated rings. The second kappa shape index (κ2) is 5.00. The van der Waals surface area contributed by atoms with Gasteiger partial charge in [0.2, 0.25) is 0 Å². The minimum atomic E-state index is 0.378. The zero-order chi connectivity index (χ0) is 11.7. The first kappa shape index (κ1) is 12.2. The number of hydrogen-bond donors (Lipinski definition) is 0. The largest absolute Gasteiger partial charge is 0.295 e. The molecule has 1 nitrogen and oxygen atoms in total. The van der Waals surface area contributed by atoms with E-state index in [0.717, 1.165) is 17.4 Å². The molecule has 0 N–H and O–H groups in total. The number of fused-ring (bicyclic) bond motifs is 1. The predicted octanol–water partition coefficient (Wildman–Crippen LogP) is 4.03. The summed E-state index contributed by atoms with van der Waals surface area (Å²) in [6.07, 6.45) is 10.5. The van der Waals surface area contributed by atoms with Crippen molar-refractivity contribution in [2.75, 3.05) is 11.5 Å². The van der Waals surface area contributed by atoms with Gasteiger partial charge in [0.05, 0.1) is 4.58 Å². The van der Waals surface area contributed by atoms with E-state index in [1.165, 1.54) is 49.2 Å². The summed E-state index contributed by atoms with van der Waals surface area (Å²) in [6, 6.07) is 0. The van der Waals surface area contributed by atoms with Gasteiger partial charge in [-0.2, -0.15) is 0 Å². The van der Waals surface area contributed by atoms with E-state index >= 15 is 0 Å². The van der Waals surface area contributed by atoms with Crippen molar-refractivity contribution in [1.29, 1.82) is 0 Å². The summed E-state index contributed by atoms with van der Waals surface area (Å²) in [5, 5.41) is 0.